The van der Waals surface area contributed by atoms with Gasteiger partial charge in [-0.15, -0.1) is 0 Å². The highest BCUT2D eigenvalue weighted by atomic mass is 79.9. The van der Waals surface area contributed by atoms with Crippen molar-refractivity contribution in [3.63, 3.8) is 0 Å². The summed E-state index contributed by atoms with van der Waals surface area (Å²) in [6.07, 6.45) is 4.87. The second-order valence-corrected chi connectivity index (χ2v) is 7.42. The lowest BCUT2D eigenvalue weighted by Crippen LogP contribution is -2.47. The van der Waals surface area contributed by atoms with Gasteiger partial charge in [0, 0.05) is 23.1 Å². The van der Waals surface area contributed by atoms with Crippen LogP contribution in [0.2, 0.25) is 0 Å². The van der Waals surface area contributed by atoms with Crippen LogP contribution >= 0.6 is 15.9 Å². The maximum Gasteiger partial charge on any atom is 0.254 e. The number of nitrogens with one attached hydrogen (secondary N) is 1. The van der Waals surface area contributed by atoms with E-state index in [9.17, 15) is 4.79 Å². The average molecular weight is 351 g/mol. The molecule has 0 aliphatic carbocycles. The van der Waals surface area contributed by atoms with Gasteiger partial charge in [-0.25, -0.2) is 0 Å². The smallest absolute Gasteiger partial charge is 0.254 e. The molecule has 1 N–H and O–H groups in total. The number of likely N-dealkylation sites (tertiary alicyclic amines) is 1. The van der Waals surface area contributed by atoms with Crippen molar-refractivity contribution < 1.29 is 4.79 Å². The standard InChI is InChI=1S/C17H23BrN2O/c1-13-12-14(18)2-3-15(13)16(21)20-10-6-17(7-11-20)4-8-19-9-5-17/h2-3,12,19H,4-11H2,1H3. The van der Waals surface area contributed by atoms with Gasteiger partial charge in [-0.3, -0.25) is 4.79 Å². The highest BCUT2D eigenvalue weighted by molar-refractivity contribution is 9.10. The minimum Gasteiger partial charge on any atom is -0.339 e. The van der Waals surface area contributed by atoms with Gasteiger partial charge in [0.05, 0.1) is 0 Å². The molecule has 21 heavy (non-hydrogen) atoms. The van der Waals surface area contributed by atoms with Crippen LogP contribution in [0.15, 0.2) is 22.7 Å². The van der Waals surface area contributed by atoms with Crippen LogP contribution < -0.4 is 5.32 Å². The first-order valence-corrected chi connectivity index (χ1v) is 8.65. The highest BCUT2D eigenvalue weighted by Gasteiger charge is 2.36. The first-order chi connectivity index (χ1) is 10.1. The Balaban J connectivity index is 1.67. The van der Waals surface area contributed by atoms with E-state index >= 15 is 0 Å². The molecule has 1 aromatic carbocycles. The lowest BCUT2D eigenvalue weighted by molar-refractivity contribution is 0.0495. The quantitative estimate of drug-likeness (QED) is 0.842. The molecule has 2 heterocycles. The number of halogens is 1. The Hall–Kier alpha value is -0.870. The van der Waals surface area contributed by atoms with Gasteiger partial charge >= 0.3 is 0 Å². The Morgan fingerprint density at radius 2 is 1.86 bits per heavy atom. The molecule has 114 valence electrons. The summed E-state index contributed by atoms with van der Waals surface area (Å²) in [7, 11) is 0. The second-order valence-electron chi connectivity index (χ2n) is 6.50. The van der Waals surface area contributed by atoms with Crippen LogP contribution in [0.5, 0.6) is 0 Å². The molecule has 0 aromatic heterocycles. The third-order valence-corrected chi connectivity index (χ3v) is 5.69. The Morgan fingerprint density at radius 3 is 2.48 bits per heavy atom. The minimum atomic E-state index is 0.198. The molecule has 2 aliphatic heterocycles. The van der Waals surface area contributed by atoms with Gasteiger partial charge in [-0.05, 0) is 74.9 Å². The summed E-state index contributed by atoms with van der Waals surface area (Å²) in [4.78, 5) is 14.7. The van der Waals surface area contributed by atoms with E-state index < -0.39 is 0 Å². The van der Waals surface area contributed by atoms with Gasteiger partial charge in [0.15, 0.2) is 0 Å². The Labute approximate surface area is 135 Å². The number of hydrogen-bond acceptors (Lipinski definition) is 2. The van der Waals surface area contributed by atoms with E-state index in [-0.39, 0.29) is 5.91 Å². The van der Waals surface area contributed by atoms with Crippen LogP contribution in [0, 0.1) is 12.3 Å². The number of hydrogen-bond donors (Lipinski definition) is 1. The molecule has 2 aliphatic rings. The van der Waals surface area contributed by atoms with Gasteiger partial charge in [-0.2, -0.15) is 0 Å². The summed E-state index contributed by atoms with van der Waals surface area (Å²) in [5.41, 5.74) is 2.40. The van der Waals surface area contributed by atoms with Crippen molar-refractivity contribution >= 4 is 21.8 Å². The van der Waals surface area contributed by atoms with Crippen molar-refractivity contribution in [1.82, 2.24) is 10.2 Å². The van der Waals surface area contributed by atoms with E-state index in [1.165, 1.54) is 12.8 Å². The molecule has 0 saturated carbocycles. The monoisotopic (exact) mass is 350 g/mol. The third kappa shape index (κ3) is 3.16. The van der Waals surface area contributed by atoms with Crippen LogP contribution in [0.25, 0.3) is 0 Å². The molecule has 3 nitrogen and oxygen atoms in total. The van der Waals surface area contributed by atoms with E-state index in [0.29, 0.717) is 5.41 Å². The van der Waals surface area contributed by atoms with Crippen LogP contribution in [-0.2, 0) is 0 Å². The lowest BCUT2D eigenvalue weighted by Gasteiger charge is -2.44. The summed E-state index contributed by atoms with van der Waals surface area (Å²) in [6, 6.07) is 5.92. The Kier molecular flexibility index (Phi) is 4.36. The predicted octanol–water partition coefficient (Wildman–Crippen LogP) is 3.36. The van der Waals surface area contributed by atoms with Crippen molar-refractivity contribution in [2.45, 2.75) is 32.6 Å². The van der Waals surface area contributed by atoms with Crippen molar-refractivity contribution in [3.05, 3.63) is 33.8 Å². The summed E-state index contributed by atoms with van der Waals surface area (Å²) >= 11 is 3.46. The largest absolute Gasteiger partial charge is 0.339 e. The zero-order valence-electron chi connectivity index (χ0n) is 12.6. The van der Waals surface area contributed by atoms with Crippen molar-refractivity contribution in [2.24, 2.45) is 5.41 Å². The molecular formula is C17H23BrN2O. The fourth-order valence-electron chi connectivity index (χ4n) is 3.68. The minimum absolute atomic E-state index is 0.198. The molecule has 0 atom stereocenters. The molecule has 0 unspecified atom stereocenters. The molecule has 2 fully saturated rings. The fraction of sp³-hybridized carbons (Fsp3) is 0.588. The summed E-state index contributed by atoms with van der Waals surface area (Å²) in [5, 5.41) is 3.44. The van der Waals surface area contributed by atoms with Gasteiger partial charge in [0.1, 0.15) is 0 Å². The number of piperidine rings is 2. The SMILES string of the molecule is Cc1cc(Br)ccc1C(=O)N1CCC2(CCNCC2)CC1. The van der Waals surface area contributed by atoms with Crippen molar-refractivity contribution in [1.29, 1.82) is 0 Å². The second kappa shape index (κ2) is 6.09. The first-order valence-electron chi connectivity index (χ1n) is 7.86. The molecule has 3 rings (SSSR count). The third-order valence-electron chi connectivity index (χ3n) is 5.19. The molecule has 4 heteroatoms. The number of amides is 1. The fourth-order valence-corrected chi connectivity index (χ4v) is 4.15. The molecule has 0 radical (unpaired) electrons. The number of carbonyl (C=O) groups is 1. The van der Waals surface area contributed by atoms with Crippen LogP contribution in [-0.4, -0.2) is 37.0 Å². The van der Waals surface area contributed by atoms with Gasteiger partial charge in [-0.1, -0.05) is 15.9 Å². The van der Waals surface area contributed by atoms with Crippen molar-refractivity contribution in [2.75, 3.05) is 26.2 Å². The van der Waals surface area contributed by atoms with Crippen LogP contribution in [0.3, 0.4) is 0 Å². The Morgan fingerprint density at radius 1 is 1.19 bits per heavy atom. The number of aryl methyl sites for hydroxylation is 1. The summed E-state index contributed by atoms with van der Waals surface area (Å²) in [5.74, 6) is 0.198. The van der Waals surface area contributed by atoms with Gasteiger partial charge in [0.25, 0.3) is 5.91 Å². The summed E-state index contributed by atoms with van der Waals surface area (Å²) < 4.78 is 1.03. The van der Waals surface area contributed by atoms with E-state index in [1.54, 1.807) is 0 Å². The number of carbonyl (C=O) groups excluding carboxylic acids is 1. The maximum absolute atomic E-state index is 12.7. The van der Waals surface area contributed by atoms with Gasteiger partial charge < -0.3 is 10.2 Å². The molecule has 2 saturated heterocycles. The van der Waals surface area contributed by atoms with Crippen molar-refractivity contribution in [3.8, 4) is 0 Å². The molecular weight excluding hydrogens is 328 g/mol. The molecule has 1 spiro atoms. The van der Waals surface area contributed by atoms with E-state index in [2.05, 4.69) is 21.2 Å². The maximum atomic E-state index is 12.7. The molecule has 0 bridgehead atoms. The number of benzene rings is 1. The number of rotatable bonds is 1. The molecule has 1 amide bonds. The molecule has 1 aromatic rings. The number of nitrogens with zero attached hydrogens (tertiary/aromatic N) is 1. The van der Waals surface area contributed by atoms with Crippen LogP contribution in [0.4, 0.5) is 0 Å². The Bertz CT molecular complexity index is 528. The topological polar surface area (TPSA) is 32.3 Å². The van der Waals surface area contributed by atoms with E-state index in [1.807, 2.05) is 30.0 Å². The average Bonchev–Trinajstić information content (AvgIpc) is 2.48. The normalized spacial score (nSPS) is 21.5. The first kappa shape index (κ1) is 15.0. The zero-order valence-corrected chi connectivity index (χ0v) is 14.2. The van der Waals surface area contributed by atoms with E-state index in [4.69, 9.17) is 0 Å². The highest BCUT2D eigenvalue weighted by Crippen LogP contribution is 2.39. The van der Waals surface area contributed by atoms with Gasteiger partial charge in [0.2, 0.25) is 0 Å². The predicted molar refractivity (Wildman–Crippen MR) is 88.6 cm³/mol. The van der Waals surface area contributed by atoms with Crippen LogP contribution in [0.1, 0.15) is 41.6 Å². The summed E-state index contributed by atoms with van der Waals surface area (Å²) in [6.45, 7) is 6.11. The van der Waals surface area contributed by atoms with E-state index in [0.717, 1.165) is 54.6 Å². The zero-order chi connectivity index (χ0) is 14.9. The lowest BCUT2D eigenvalue weighted by atomic mass is 9.71.